The van der Waals surface area contributed by atoms with Gasteiger partial charge < -0.3 is 9.88 Å². The summed E-state index contributed by atoms with van der Waals surface area (Å²) in [5.74, 6) is 0.251. The highest BCUT2D eigenvalue weighted by Crippen LogP contribution is 2.42. The summed E-state index contributed by atoms with van der Waals surface area (Å²) in [7, 11) is 0. The molecule has 1 aromatic heterocycles. The Kier molecular flexibility index (Phi) is 3.64. The van der Waals surface area contributed by atoms with Crippen molar-refractivity contribution in [2.75, 3.05) is 0 Å². The lowest BCUT2D eigenvalue weighted by Crippen LogP contribution is -2.30. The molecule has 3 aromatic rings. The summed E-state index contributed by atoms with van der Waals surface area (Å²) in [6, 6.07) is 18.9. The van der Waals surface area contributed by atoms with Crippen LogP contribution < -0.4 is 0 Å². The predicted octanol–water partition coefficient (Wildman–Crippen LogP) is 4.90. The topological polar surface area (TPSA) is 36.1 Å². The Morgan fingerprint density at radius 1 is 1.08 bits per heavy atom. The Morgan fingerprint density at radius 3 is 2.58 bits per heavy atom. The van der Waals surface area contributed by atoms with Crippen LogP contribution >= 0.6 is 0 Å². The Bertz CT molecular complexity index is 881. The van der Waals surface area contributed by atoms with Gasteiger partial charge in [0, 0.05) is 28.6 Å². The van der Waals surface area contributed by atoms with Crippen molar-refractivity contribution < 1.29 is 4.79 Å². The minimum absolute atomic E-state index is 0.0827. The molecule has 1 aliphatic rings. The number of aromatic amines is 1. The number of nitrogens with zero attached hydrogens (tertiary/aromatic N) is 1. The molecule has 0 radical (unpaired) electrons. The van der Waals surface area contributed by atoms with Crippen molar-refractivity contribution in [2.45, 2.75) is 38.8 Å². The first-order valence-electron chi connectivity index (χ1n) is 8.60. The van der Waals surface area contributed by atoms with Crippen LogP contribution in [-0.2, 0) is 4.79 Å². The number of H-pyrrole nitrogens is 1. The molecule has 1 N–H and O–H groups in total. The van der Waals surface area contributed by atoms with E-state index in [9.17, 15) is 4.79 Å². The SMILES string of the molecule is Cc1[nH]c2ccccc2c1C1CCC(=O)N1C(C)c1ccccc1. The van der Waals surface area contributed by atoms with E-state index in [0.29, 0.717) is 6.42 Å². The first-order chi connectivity index (χ1) is 11.7. The molecule has 2 aromatic carbocycles. The molecule has 1 aliphatic heterocycles. The maximum Gasteiger partial charge on any atom is 0.223 e. The number of hydrogen-bond donors (Lipinski definition) is 1. The van der Waals surface area contributed by atoms with Gasteiger partial charge in [-0.15, -0.1) is 0 Å². The quantitative estimate of drug-likeness (QED) is 0.732. The van der Waals surface area contributed by atoms with Crippen LogP contribution in [0.5, 0.6) is 0 Å². The van der Waals surface area contributed by atoms with E-state index < -0.39 is 0 Å². The number of amides is 1. The van der Waals surface area contributed by atoms with Crippen molar-refractivity contribution in [3.63, 3.8) is 0 Å². The standard InChI is InChI=1S/C21H22N2O/c1-14-21(17-10-6-7-11-18(17)22-14)19-12-13-20(24)23(19)15(2)16-8-4-3-5-9-16/h3-11,15,19,22H,12-13H2,1-2H3. The van der Waals surface area contributed by atoms with E-state index in [-0.39, 0.29) is 18.0 Å². The number of fused-ring (bicyclic) bond motifs is 1. The van der Waals surface area contributed by atoms with Crippen molar-refractivity contribution in [2.24, 2.45) is 0 Å². The highest BCUT2D eigenvalue weighted by Gasteiger charge is 2.37. The number of carbonyl (C=O) groups is 1. The summed E-state index contributed by atoms with van der Waals surface area (Å²) in [6.45, 7) is 4.25. The fourth-order valence-electron chi connectivity index (χ4n) is 4.09. The first kappa shape index (κ1) is 15.0. The number of carbonyl (C=O) groups excluding carboxylic acids is 1. The van der Waals surface area contributed by atoms with Crippen LogP contribution in [0.3, 0.4) is 0 Å². The molecule has 0 spiro atoms. The lowest BCUT2D eigenvalue weighted by molar-refractivity contribution is -0.131. The number of benzene rings is 2. The molecule has 3 heteroatoms. The summed E-state index contributed by atoms with van der Waals surface area (Å²) < 4.78 is 0. The Labute approximate surface area is 142 Å². The largest absolute Gasteiger partial charge is 0.358 e. The molecule has 0 aliphatic carbocycles. The summed E-state index contributed by atoms with van der Waals surface area (Å²) in [5, 5.41) is 1.24. The summed E-state index contributed by atoms with van der Waals surface area (Å²) in [6.07, 6.45) is 1.51. The van der Waals surface area contributed by atoms with E-state index in [2.05, 4.69) is 54.1 Å². The second-order valence-electron chi connectivity index (χ2n) is 6.65. The van der Waals surface area contributed by atoms with Gasteiger partial charge in [0.05, 0.1) is 12.1 Å². The highest BCUT2D eigenvalue weighted by atomic mass is 16.2. The van der Waals surface area contributed by atoms with Gasteiger partial charge in [-0.3, -0.25) is 4.79 Å². The molecule has 1 amide bonds. The second kappa shape index (κ2) is 5.82. The van der Waals surface area contributed by atoms with Crippen molar-refractivity contribution in [1.29, 1.82) is 0 Å². The molecule has 0 saturated carbocycles. The minimum Gasteiger partial charge on any atom is -0.358 e. The van der Waals surface area contributed by atoms with Crippen LogP contribution in [0, 0.1) is 6.92 Å². The molecule has 0 bridgehead atoms. The van der Waals surface area contributed by atoms with E-state index in [1.54, 1.807) is 0 Å². The fourth-order valence-corrected chi connectivity index (χ4v) is 4.09. The average Bonchev–Trinajstić information content (AvgIpc) is 3.13. The molecule has 2 atom stereocenters. The van der Waals surface area contributed by atoms with E-state index in [1.807, 2.05) is 24.3 Å². The van der Waals surface area contributed by atoms with Crippen LogP contribution in [0.15, 0.2) is 54.6 Å². The molecule has 122 valence electrons. The lowest BCUT2D eigenvalue weighted by Gasteiger charge is -2.32. The second-order valence-corrected chi connectivity index (χ2v) is 6.65. The summed E-state index contributed by atoms with van der Waals surface area (Å²) in [4.78, 5) is 18.2. The van der Waals surface area contributed by atoms with Crippen molar-refractivity contribution >= 4 is 16.8 Å². The molecule has 2 heterocycles. The maximum atomic E-state index is 12.7. The van der Waals surface area contributed by atoms with E-state index >= 15 is 0 Å². The molecule has 2 unspecified atom stereocenters. The minimum atomic E-state index is 0.0827. The van der Waals surface area contributed by atoms with E-state index in [0.717, 1.165) is 11.9 Å². The van der Waals surface area contributed by atoms with Gasteiger partial charge in [0.25, 0.3) is 0 Å². The number of hydrogen-bond acceptors (Lipinski definition) is 1. The Morgan fingerprint density at radius 2 is 1.79 bits per heavy atom. The molecule has 24 heavy (non-hydrogen) atoms. The third kappa shape index (κ3) is 2.32. The van der Waals surface area contributed by atoms with Gasteiger partial charge in [-0.25, -0.2) is 0 Å². The predicted molar refractivity (Wildman–Crippen MR) is 96.7 cm³/mol. The smallest absolute Gasteiger partial charge is 0.223 e. The monoisotopic (exact) mass is 318 g/mol. The molecule has 1 saturated heterocycles. The van der Waals surface area contributed by atoms with Crippen LogP contribution in [0.4, 0.5) is 0 Å². The van der Waals surface area contributed by atoms with Gasteiger partial charge in [0.15, 0.2) is 0 Å². The summed E-state index contributed by atoms with van der Waals surface area (Å²) in [5.41, 5.74) is 4.78. The normalized spacial score (nSPS) is 19.2. The van der Waals surface area contributed by atoms with Crippen LogP contribution in [-0.4, -0.2) is 15.8 Å². The molecule has 3 nitrogen and oxygen atoms in total. The number of likely N-dealkylation sites (tertiary alicyclic amines) is 1. The van der Waals surface area contributed by atoms with Crippen LogP contribution in [0.25, 0.3) is 10.9 Å². The van der Waals surface area contributed by atoms with Crippen LogP contribution in [0.2, 0.25) is 0 Å². The summed E-state index contributed by atoms with van der Waals surface area (Å²) >= 11 is 0. The molecular weight excluding hydrogens is 296 g/mol. The van der Waals surface area contributed by atoms with Gasteiger partial charge in [-0.2, -0.15) is 0 Å². The lowest BCUT2D eigenvalue weighted by atomic mass is 9.98. The van der Waals surface area contributed by atoms with Gasteiger partial charge in [0.1, 0.15) is 0 Å². The molecular formula is C21H22N2O. The Hall–Kier alpha value is -2.55. The Balaban J connectivity index is 1.79. The van der Waals surface area contributed by atoms with Gasteiger partial charge in [-0.05, 0) is 31.9 Å². The van der Waals surface area contributed by atoms with Crippen molar-refractivity contribution in [3.05, 3.63) is 71.4 Å². The van der Waals surface area contributed by atoms with Crippen molar-refractivity contribution in [1.82, 2.24) is 9.88 Å². The third-order valence-electron chi connectivity index (χ3n) is 5.23. The first-order valence-corrected chi connectivity index (χ1v) is 8.60. The number of aryl methyl sites for hydroxylation is 1. The number of para-hydroxylation sites is 1. The number of rotatable bonds is 3. The van der Waals surface area contributed by atoms with Gasteiger partial charge >= 0.3 is 0 Å². The van der Waals surface area contributed by atoms with Crippen LogP contribution in [0.1, 0.15) is 48.7 Å². The third-order valence-corrected chi connectivity index (χ3v) is 5.23. The fraction of sp³-hybridized carbons (Fsp3) is 0.286. The average molecular weight is 318 g/mol. The zero-order chi connectivity index (χ0) is 16.7. The molecule has 1 fully saturated rings. The van der Waals surface area contributed by atoms with Crippen molar-refractivity contribution in [3.8, 4) is 0 Å². The van der Waals surface area contributed by atoms with Gasteiger partial charge in [0.2, 0.25) is 5.91 Å². The highest BCUT2D eigenvalue weighted by molar-refractivity contribution is 5.87. The zero-order valence-corrected chi connectivity index (χ0v) is 14.1. The number of aromatic nitrogens is 1. The molecule has 4 rings (SSSR count). The van der Waals surface area contributed by atoms with E-state index in [4.69, 9.17) is 0 Å². The zero-order valence-electron chi connectivity index (χ0n) is 14.1. The maximum absolute atomic E-state index is 12.7. The van der Waals surface area contributed by atoms with Gasteiger partial charge in [-0.1, -0.05) is 48.5 Å². The number of nitrogens with one attached hydrogen (secondary N) is 1. The van der Waals surface area contributed by atoms with E-state index in [1.165, 1.54) is 22.2 Å².